The lowest BCUT2D eigenvalue weighted by molar-refractivity contribution is -0.127. The van der Waals surface area contributed by atoms with Crippen LogP contribution in [0.1, 0.15) is 13.8 Å². The first-order chi connectivity index (χ1) is 12.1. The molecule has 8 heteroatoms. The van der Waals surface area contributed by atoms with E-state index in [2.05, 4.69) is 4.72 Å². The molecule has 26 heavy (non-hydrogen) atoms. The first-order valence-corrected chi connectivity index (χ1v) is 9.80. The predicted molar refractivity (Wildman–Crippen MR) is 101 cm³/mol. The van der Waals surface area contributed by atoms with E-state index in [1.54, 1.807) is 51.2 Å². The average Bonchev–Trinajstić information content (AvgIpc) is 2.66. The quantitative estimate of drug-likeness (QED) is 0.864. The van der Waals surface area contributed by atoms with E-state index in [4.69, 9.17) is 16.3 Å². The minimum Gasteiger partial charge on any atom is -0.490 e. The van der Waals surface area contributed by atoms with Gasteiger partial charge < -0.3 is 9.64 Å². The maximum Gasteiger partial charge on any atom is 0.261 e. The number of nitrogens with zero attached hydrogens (tertiary/aromatic N) is 1. The lowest BCUT2D eigenvalue weighted by Gasteiger charge is -2.24. The highest BCUT2D eigenvalue weighted by molar-refractivity contribution is 7.92. The van der Waals surface area contributed by atoms with E-state index in [9.17, 15) is 13.2 Å². The Labute approximate surface area is 157 Å². The molecule has 6 nitrogen and oxygen atoms in total. The van der Waals surface area contributed by atoms with E-state index in [0.717, 1.165) is 0 Å². The molecule has 1 heterocycles. The first-order valence-electron chi connectivity index (χ1n) is 7.93. The minimum atomic E-state index is -3.80. The molecule has 1 aliphatic rings. The van der Waals surface area contributed by atoms with Gasteiger partial charge in [0.15, 0.2) is 0 Å². The number of fused-ring (bicyclic) bond motifs is 1. The molecule has 0 spiro atoms. The van der Waals surface area contributed by atoms with E-state index >= 15 is 0 Å². The molecule has 0 aromatic heterocycles. The van der Waals surface area contributed by atoms with Crippen molar-refractivity contribution in [2.45, 2.75) is 18.7 Å². The van der Waals surface area contributed by atoms with Gasteiger partial charge in [0.2, 0.25) is 5.91 Å². The van der Waals surface area contributed by atoms with Crippen LogP contribution in [0.2, 0.25) is 5.02 Å². The topological polar surface area (TPSA) is 75.7 Å². The molecular formula is C18H19ClN2O4S. The summed E-state index contributed by atoms with van der Waals surface area (Å²) < 4.78 is 33.4. The summed E-state index contributed by atoms with van der Waals surface area (Å²) >= 11 is 5.88. The van der Waals surface area contributed by atoms with Gasteiger partial charge in [0, 0.05) is 12.1 Å². The van der Waals surface area contributed by atoms with Crippen molar-refractivity contribution in [3.8, 4) is 5.75 Å². The number of halogens is 1. The summed E-state index contributed by atoms with van der Waals surface area (Å²) in [7, 11) is -2.16. The Kier molecular flexibility index (Phi) is 4.62. The Hall–Kier alpha value is -2.25. The van der Waals surface area contributed by atoms with Crippen molar-refractivity contribution < 1.29 is 17.9 Å². The SMILES string of the molecule is CN1C(=O)C(C)(C)COc2ccc(NS(=O)(=O)c3cccc(Cl)c3)cc21. The third-order valence-electron chi connectivity index (χ3n) is 4.15. The lowest BCUT2D eigenvalue weighted by atomic mass is 9.93. The van der Waals surface area contributed by atoms with Gasteiger partial charge in [-0.25, -0.2) is 8.42 Å². The first kappa shape index (κ1) is 18.5. The zero-order valence-electron chi connectivity index (χ0n) is 14.6. The van der Waals surface area contributed by atoms with Crippen molar-refractivity contribution in [3.63, 3.8) is 0 Å². The third-order valence-corrected chi connectivity index (χ3v) is 5.77. The zero-order chi connectivity index (χ0) is 19.1. The molecule has 1 N–H and O–H groups in total. The molecule has 2 aromatic rings. The molecular weight excluding hydrogens is 376 g/mol. The Bertz CT molecular complexity index is 973. The molecule has 0 saturated carbocycles. The van der Waals surface area contributed by atoms with Crippen LogP contribution in [0.4, 0.5) is 11.4 Å². The molecule has 0 saturated heterocycles. The predicted octanol–water partition coefficient (Wildman–Crippen LogP) is 3.52. The summed E-state index contributed by atoms with van der Waals surface area (Å²) in [5.41, 5.74) is 0.160. The van der Waals surface area contributed by atoms with E-state index < -0.39 is 15.4 Å². The second-order valence-corrected chi connectivity index (χ2v) is 8.90. The molecule has 1 amide bonds. The molecule has 0 radical (unpaired) electrons. The number of ether oxygens (including phenoxy) is 1. The van der Waals surface area contributed by atoms with Crippen molar-refractivity contribution in [1.82, 2.24) is 0 Å². The Morgan fingerprint density at radius 2 is 1.92 bits per heavy atom. The van der Waals surface area contributed by atoms with Crippen LogP contribution in [0.15, 0.2) is 47.4 Å². The van der Waals surface area contributed by atoms with Crippen LogP contribution in [0.5, 0.6) is 5.75 Å². The number of carbonyl (C=O) groups is 1. The number of sulfonamides is 1. The van der Waals surface area contributed by atoms with Crippen molar-refractivity contribution in [2.75, 3.05) is 23.3 Å². The van der Waals surface area contributed by atoms with Gasteiger partial charge in [-0.3, -0.25) is 9.52 Å². The van der Waals surface area contributed by atoms with Crippen molar-refractivity contribution >= 4 is 38.9 Å². The summed E-state index contributed by atoms with van der Waals surface area (Å²) in [6.07, 6.45) is 0. The van der Waals surface area contributed by atoms with Crippen LogP contribution < -0.4 is 14.4 Å². The van der Waals surface area contributed by atoms with Gasteiger partial charge in [-0.1, -0.05) is 17.7 Å². The van der Waals surface area contributed by atoms with Gasteiger partial charge in [-0.15, -0.1) is 0 Å². The van der Waals surface area contributed by atoms with Crippen molar-refractivity contribution in [2.24, 2.45) is 5.41 Å². The highest BCUT2D eigenvalue weighted by Gasteiger charge is 2.36. The van der Waals surface area contributed by atoms with Gasteiger partial charge in [0.25, 0.3) is 10.0 Å². The number of hydrogen-bond donors (Lipinski definition) is 1. The van der Waals surface area contributed by atoms with Crippen molar-refractivity contribution in [1.29, 1.82) is 0 Å². The van der Waals surface area contributed by atoms with E-state index in [-0.39, 0.29) is 17.4 Å². The second-order valence-electron chi connectivity index (χ2n) is 6.78. The fourth-order valence-corrected chi connectivity index (χ4v) is 4.05. The van der Waals surface area contributed by atoms with Crippen LogP contribution in [-0.4, -0.2) is 28.0 Å². The van der Waals surface area contributed by atoms with Crippen molar-refractivity contribution in [3.05, 3.63) is 47.5 Å². The molecule has 3 rings (SSSR count). The number of anilines is 2. The van der Waals surface area contributed by atoms with Crippen LogP contribution in [0.25, 0.3) is 0 Å². The number of nitrogens with one attached hydrogen (secondary N) is 1. The molecule has 1 aliphatic heterocycles. The van der Waals surface area contributed by atoms with Crippen LogP contribution >= 0.6 is 11.6 Å². The number of rotatable bonds is 3. The smallest absolute Gasteiger partial charge is 0.261 e. The summed E-state index contributed by atoms with van der Waals surface area (Å²) in [6, 6.07) is 10.8. The van der Waals surface area contributed by atoms with E-state index in [0.29, 0.717) is 22.1 Å². The standard InChI is InChI=1S/C18H19ClN2O4S/c1-18(2)11-25-16-8-7-13(10-15(16)21(3)17(18)22)20-26(23,24)14-6-4-5-12(19)9-14/h4-10,20H,11H2,1-3H3. The minimum absolute atomic E-state index is 0.0572. The van der Waals surface area contributed by atoms with Crippen LogP contribution in [-0.2, 0) is 14.8 Å². The Morgan fingerprint density at radius 3 is 2.62 bits per heavy atom. The number of hydrogen-bond acceptors (Lipinski definition) is 4. The second kappa shape index (κ2) is 6.48. The van der Waals surface area contributed by atoms with Gasteiger partial charge in [0.05, 0.1) is 21.7 Å². The fourth-order valence-electron chi connectivity index (χ4n) is 2.70. The van der Waals surface area contributed by atoms with E-state index in [1.807, 2.05) is 0 Å². The third kappa shape index (κ3) is 3.50. The largest absolute Gasteiger partial charge is 0.490 e. The summed E-state index contributed by atoms with van der Waals surface area (Å²) in [5, 5.41) is 0.329. The van der Waals surface area contributed by atoms with Crippen LogP contribution in [0, 0.1) is 5.41 Å². The normalized spacial score (nSPS) is 16.5. The van der Waals surface area contributed by atoms with Gasteiger partial charge in [-0.05, 0) is 50.2 Å². The summed E-state index contributed by atoms with van der Waals surface area (Å²) in [6.45, 7) is 3.86. The molecule has 138 valence electrons. The van der Waals surface area contributed by atoms with E-state index in [1.165, 1.54) is 17.0 Å². The van der Waals surface area contributed by atoms with Gasteiger partial charge in [0.1, 0.15) is 12.4 Å². The molecule has 2 aromatic carbocycles. The van der Waals surface area contributed by atoms with Gasteiger partial charge >= 0.3 is 0 Å². The molecule has 0 bridgehead atoms. The summed E-state index contributed by atoms with van der Waals surface area (Å²) in [4.78, 5) is 14.1. The highest BCUT2D eigenvalue weighted by atomic mass is 35.5. The molecule has 0 fully saturated rings. The maximum absolute atomic E-state index is 12.6. The monoisotopic (exact) mass is 394 g/mol. The number of carbonyl (C=O) groups excluding carboxylic acids is 1. The molecule has 0 atom stereocenters. The fraction of sp³-hybridized carbons (Fsp3) is 0.278. The van der Waals surface area contributed by atoms with Crippen LogP contribution in [0.3, 0.4) is 0 Å². The maximum atomic E-state index is 12.6. The zero-order valence-corrected chi connectivity index (χ0v) is 16.2. The Balaban J connectivity index is 1.95. The Morgan fingerprint density at radius 1 is 1.19 bits per heavy atom. The van der Waals surface area contributed by atoms with Gasteiger partial charge in [-0.2, -0.15) is 0 Å². The average molecular weight is 395 g/mol. The number of amides is 1. The molecule has 0 unspecified atom stereocenters. The highest BCUT2D eigenvalue weighted by Crippen LogP contribution is 2.37. The molecule has 0 aliphatic carbocycles. The lowest BCUT2D eigenvalue weighted by Crippen LogP contribution is -2.39. The number of benzene rings is 2. The summed E-state index contributed by atoms with van der Waals surface area (Å²) in [5.74, 6) is 0.420.